The Kier molecular flexibility index (Phi) is 4.43. The molecule has 4 aromatic rings. The second-order valence-corrected chi connectivity index (χ2v) is 7.23. The number of amides is 1. The van der Waals surface area contributed by atoms with E-state index in [4.69, 9.17) is 4.74 Å². The van der Waals surface area contributed by atoms with E-state index < -0.39 is 11.9 Å². The molecule has 1 aliphatic heterocycles. The van der Waals surface area contributed by atoms with Crippen molar-refractivity contribution in [2.45, 2.75) is 12.6 Å². The number of carbonyl (C=O) groups excluding carboxylic acids is 1. The van der Waals surface area contributed by atoms with Gasteiger partial charge in [0.2, 0.25) is 6.10 Å². The normalized spacial score (nSPS) is 15.7. The molecule has 1 atom stereocenters. The number of carbonyl (C=O) groups is 1. The van der Waals surface area contributed by atoms with Gasteiger partial charge >= 0.3 is 0 Å². The highest BCUT2D eigenvalue weighted by molar-refractivity contribution is 6.03. The Balaban J connectivity index is 1.62. The van der Waals surface area contributed by atoms with Gasteiger partial charge in [-0.2, -0.15) is 0 Å². The van der Waals surface area contributed by atoms with Crippen LogP contribution in [0.3, 0.4) is 0 Å². The van der Waals surface area contributed by atoms with E-state index in [2.05, 4.69) is 0 Å². The summed E-state index contributed by atoms with van der Waals surface area (Å²) in [4.78, 5) is 15.1. The number of hydrogen-bond donors (Lipinski definition) is 0. The van der Waals surface area contributed by atoms with Crippen molar-refractivity contribution in [3.63, 3.8) is 0 Å². The fraction of sp³-hybridized carbons (Fsp3) is 0.0800. The van der Waals surface area contributed by atoms with Crippen molar-refractivity contribution in [2.75, 3.05) is 4.90 Å². The summed E-state index contributed by atoms with van der Waals surface area (Å²) in [6, 6.07) is 23.5. The second-order valence-electron chi connectivity index (χ2n) is 7.23. The summed E-state index contributed by atoms with van der Waals surface area (Å²) in [5, 5.41) is 1.89. The third-order valence-corrected chi connectivity index (χ3v) is 5.31. The van der Waals surface area contributed by atoms with Gasteiger partial charge in [-0.3, -0.25) is 4.79 Å². The molecule has 5 rings (SSSR count). The van der Waals surface area contributed by atoms with Gasteiger partial charge in [-0.05, 0) is 40.6 Å². The highest BCUT2D eigenvalue weighted by Gasteiger charge is 2.36. The summed E-state index contributed by atoms with van der Waals surface area (Å²) >= 11 is 0. The summed E-state index contributed by atoms with van der Waals surface area (Å²) < 4.78 is 33.3. The SMILES string of the molecule is O=C1C(c2cccc3ccccc23)Oc2cc(F)ccc2N1Cc1ccc(F)cc1. The van der Waals surface area contributed by atoms with E-state index >= 15 is 0 Å². The molecule has 148 valence electrons. The Labute approximate surface area is 172 Å². The van der Waals surface area contributed by atoms with Crippen LogP contribution in [0.15, 0.2) is 84.9 Å². The minimum absolute atomic E-state index is 0.225. The van der Waals surface area contributed by atoms with E-state index in [1.165, 1.54) is 30.3 Å². The molecular weight excluding hydrogens is 384 g/mol. The number of anilines is 1. The fourth-order valence-electron chi connectivity index (χ4n) is 3.85. The highest BCUT2D eigenvalue weighted by Crippen LogP contribution is 2.41. The molecule has 0 saturated heterocycles. The quantitative estimate of drug-likeness (QED) is 0.435. The van der Waals surface area contributed by atoms with Crippen molar-refractivity contribution in [3.8, 4) is 5.75 Å². The second kappa shape index (κ2) is 7.26. The molecular formula is C25H17F2NO2. The zero-order chi connectivity index (χ0) is 20.7. The Hall–Kier alpha value is -3.73. The van der Waals surface area contributed by atoms with Gasteiger partial charge in [0.15, 0.2) is 0 Å². The van der Waals surface area contributed by atoms with Crippen LogP contribution in [0, 0.1) is 11.6 Å². The maximum absolute atomic E-state index is 13.9. The summed E-state index contributed by atoms with van der Waals surface area (Å²) in [5.41, 5.74) is 1.97. The van der Waals surface area contributed by atoms with Crippen LogP contribution in [0.25, 0.3) is 10.8 Å². The molecule has 5 heteroatoms. The first kappa shape index (κ1) is 18.3. The van der Waals surface area contributed by atoms with E-state index in [0.29, 0.717) is 11.4 Å². The minimum atomic E-state index is -0.911. The summed E-state index contributed by atoms with van der Waals surface area (Å²) in [6.45, 7) is 0.225. The molecule has 1 heterocycles. The smallest absolute Gasteiger partial charge is 0.273 e. The largest absolute Gasteiger partial charge is 0.473 e. The molecule has 1 aliphatic rings. The topological polar surface area (TPSA) is 29.5 Å². The molecule has 0 fully saturated rings. The first-order chi connectivity index (χ1) is 14.6. The van der Waals surface area contributed by atoms with Gasteiger partial charge in [0.25, 0.3) is 5.91 Å². The molecule has 30 heavy (non-hydrogen) atoms. The summed E-state index contributed by atoms with van der Waals surface area (Å²) in [7, 11) is 0. The monoisotopic (exact) mass is 401 g/mol. The number of ether oxygens (including phenoxy) is 1. The van der Waals surface area contributed by atoms with Crippen LogP contribution in [0.4, 0.5) is 14.5 Å². The fourth-order valence-corrected chi connectivity index (χ4v) is 3.85. The molecule has 3 nitrogen and oxygen atoms in total. The minimum Gasteiger partial charge on any atom is -0.473 e. The van der Waals surface area contributed by atoms with Crippen LogP contribution >= 0.6 is 0 Å². The predicted octanol–water partition coefficient (Wildman–Crippen LogP) is 5.78. The molecule has 0 radical (unpaired) electrons. The molecule has 4 aromatic carbocycles. The van der Waals surface area contributed by atoms with Gasteiger partial charge in [0, 0.05) is 11.6 Å². The number of benzene rings is 4. The first-order valence-corrected chi connectivity index (χ1v) is 9.60. The number of nitrogens with zero attached hydrogens (tertiary/aromatic N) is 1. The average molecular weight is 401 g/mol. The maximum Gasteiger partial charge on any atom is 0.273 e. The van der Waals surface area contributed by atoms with Gasteiger partial charge in [-0.25, -0.2) is 8.78 Å². The standard InChI is InChI=1S/C25H17F2NO2/c26-18-10-8-16(9-11-18)15-28-22-13-12-19(27)14-23(22)30-24(25(28)29)21-7-3-5-17-4-1-2-6-20(17)21/h1-14,24H,15H2. The zero-order valence-electron chi connectivity index (χ0n) is 15.9. The maximum atomic E-state index is 13.9. The lowest BCUT2D eigenvalue weighted by atomic mass is 9.98. The first-order valence-electron chi connectivity index (χ1n) is 9.60. The van der Waals surface area contributed by atoms with Gasteiger partial charge in [0.05, 0.1) is 12.2 Å². The van der Waals surface area contributed by atoms with E-state index in [1.54, 1.807) is 17.0 Å². The molecule has 1 unspecified atom stereocenters. The number of halogens is 2. The van der Waals surface area contributed by atoms with E-state index in [9.17, 15) is 13.6 Å². The van der Waals surface area contributed by atoms with Gasteiger partial charge in [-0.15, -0.1) is 0 Å². The Bertz CT molecular complexity index is 1250. The summed E-state index contributed by atoms with van der Waals surface area (Å²) in [5.74, 6) is -0.742. The lowest BCUT2D eigenvalue weighted by Gasteiger charge is -2.35. The van der Waals surface area contributed by atoms with Crippen LogP contribution in [-0.2, 0) is 11.3 Å². The van der Waals surface area contributed by atoms with Crippen LogP contribution in [0.1, 0.15) is 17.2 Å². The van der Waals surface area contributed by atoms with E-state index in [1.807, 2.05) is 42.5 Å². The lowest BCUT2D eigenvalue weighted by molar-refractivity contribution is -0.126. The molecule has 0 spiro atoms. The van der Waals surface area contributed by atoms with Crippen molar-refractivity contribution in [2.24, 2.45) is 0 Å². The van der Waals surface area contributed by atoms with Crippen molar-refractivity contribution in [1.29, 1.82) is 0 Å². The molecule has 0 bridgehead atoms. The van der Waals surface area contributed by atoms with Crippen molar-refractivity contribution < 1.29 is 18.3 Å². The Morgan fingerprint density at radius 2 is 1.57 bits per heavy atom. The number of hydrogen-bond acceptors (Lipinski definition) is 2. The Morgan fingerprint density at radius 3 is 2.40 bits per heavy atom. The van der Waals surface area contributed by atoms with Crippen molar-refractivity contribution in [1.82, 2.24) is 0 Å². The van der Waals surface area contributed by atoms with E-state index in [0.717, 1.165) is 21.9 Å². The molecule has 0 aromatic heterocycles. The van der Waals surface area contributed by atoms with Crippen molar-refractivity contribution >= 4 is 22.4 Å². The third-order valence-electron chi connectivity index (χ3n) is 5.31. The molecule has 0 aliphatic carbocycles. The van der Waals surface area contributed by atoms with Gasteiger partial charge in [0.1, 0.15) is 17.4 Å². The van der Waals surface area contributed by atoms with Gasteiger partial charge in [-0.1, -0.05) is 54.6 Å². The summed E-state index contributed by atoms with van der Waals surface area (Å²) in [6.07, 6.45) is -0.911. The molecule has 1 amide bonds. The third kappa shape index (κ3) is 3.18. The number of fused-ring (bicyclic) bond motifs is 2. The van der Waals surface area contributed by atoms with Gasteiger partial charge < -0.3 is 9.64 Å². The number of rotatable bonds is 3. The Morgan fingerprint density at radius 1 is 0.833 bits per heavy atom. The highest BCUT2D eigenvalue weighted by atomic mass is 19.1. The van der Waals surface area contributed by atoms with Crippen LogP contribution in [0.2, 0.25) is 0 Å². The van der Waals surface area contributed by atoms with Crippen molar-refractivity contribution in [3.05, 3.63) is 108 Å². The molecule has 0 N–H and O–H groups in total. The van der Waals surface area contributed by atoms with Crippen LogP contribution < -0.4 is 9.64 Å². The molecule has 0 saturated carbocycles. The van der Waals surface area contributed by atoms with Crippen LogP contribution in [-0.4, -0.2) is 5.91 Å². The van der Waals surface area contributed by atoms with Crippen LogP contribution in [0.5, 0.6) is 5.75 Å². The van der Waals surface area contributed by atoms with E-state index in [-0.39, 0.29) is 18.3 Å². The predicted molar refractivity (Wildman–Crippen MR) is 111 cm³/mol. The zero-order valence-corrected chi connectivity index (χ0v) is 15.9. The average Bonchev–Trinajstić information content (AvgIpc) is 2.76. The lowest BCUT2D eigenvalue weighted by Crippen LogP contribution is -2.40.